The maximum Gasteiger partial charge on any atom is 0.262 e. The fraction of sp³-hybridized carbons (Fsp3) is 0.449. The molecule has 1 atom stereocenters. The maximum atomic E-state index is 13.6. The van der Waals surface area contributed by atoms with Gasteiger partial charge in [-0.2, -0.15) is 5.26 Å². The van der Waals surface area contributed by atoms with Gasteiger partial charge in [-0.05, 0) is 105 Å². The molecule has 14 nitrogen and oxygen atoms in total. The lowest BCUT2D eigenvalue weighted by Crippen LogP contribution is -2.74. The Morgan fingerprint density at radius 3 is 2.22 bits per heavy atom. The van der Waals surface area contributed by atoms with Crippen molar-refractivity contribution in [2.45, 2.75) is 78.0 Å². The zero-order valence-corrected chi connectivity index (χ0v) is 36.4. The predicted molar refractivity (Wildman–Crippen MR) is 237 cm³/mol. The van der Waals surface area contributed by atoms with Gasteiger partial charge in [0.1, 0.15) is 24.0 Å². The SMILES string of the molecule is CC1(C)[C@H](NC(=O)c2ccc(N3CCC(CCN4CCN(c5ccc6c(c5)C(=O)N(C5CCC(=O)NC5=O)C6=O)CC4)CC3)cc2)C(C)(C)[C@H]1Oc1ccc(C#N)c2ncccc12. The number of nitrogens with zero attached hydrogens (tertiary/aromatic N) is 6. The molecule has 1 aromatic heterocycles. The normalized spacial score (nSPS) is 23.5. The Morgan fingerprint density at radius 2 is 1.52 bits per heavy atom. The summed E-state index contributed by atoms with van der Waals surface area (Å²) in [4.78, 5) is 76.8. The number of anilines is 2. The summed E-state index contributed by atoms with van der Waals surface area (Å²) >= 11 is 0. The minimum atomic E-state index is -0.972. The Balaban J connectivity index is 0.721. The number of ether oxygens (including phenoxy) is 1. The molecular formula is C49H54N8O6. The second kappa shape index (κ2) is 16.4. The molecule has 1 saturated carbocycles. The van der Waals surface area contributed by atoms with Crippen molar-refractivity contribution in [1.82, 2.24) is 25.4 Å². The number of amides is 5. The van der Waals surface area contributed by atoms with Crippen LogP contribution in [0.3, 0.4) is 0 Å². The molecule has 5 aliphatic rings. The van der Waals surface area contributed by atoms with Gasteiger partial charge in [0.25, 0.3) is 17.7 Å². The summed E-state index contributed by atoms with van der Waals surface area (Å²) in [6.07, 6.45) is 5.09. The van der Waals surface area contributed by atoms with Crippen molar-refractivity contribution in [3.05, 3.63) is 95.2 Å². The highest BCUT2D eigenvalue weighted by molar-refractivity contribution is 6.23. The highest BCUT2D eigenvalue weighted by atomic mass is 16.5. The fourth-order valence-electron chi connectivity index (χ4n) is 11.0. The zero-order chi connectivity index (χ0) is 44.2. The van der Waals surface area contributed by atoms with E-state index in [-0.39, 0.29) is 41.7 Å². The summed E-state index contributed by atoms with van der Waals surface area (Å²) < 4.78 is 6.66. The number of piperidine rings is 2. The number of hydrogen-bond donors (Lipinski definition) is 2. The summed E-state index contributed by atoms with van der Waals surface area (Å²) in [6.45, 7) is 14.9. The van der Waals surface area contributed by atoms with Gasteiger partial charge in [0.15, 0.2) is 0 Å². The third-order valence-electron chi connectivity index (χ3n) is 14.3. The predicted octanol–water partition coefficient (Wildman–Crippen LogP) is 5.55. The van der Waals surface area contributed by atoms with Crippen LogP contribution in [0, 0.1) is 28.1 Å². The fourth-order valence-corrected chi connectivity index (χ4v) is 11.0. The first-order chi connectivity index (χ1) is 30.2. The van der Waals surface area contributed by atoms with E-state index in [1.165, 1.54) is 0 Å². The van der Waals surface area contributed by atoms with E-state index in [9.17, 15) is 29.2 Å². The van der Waals surface area contributed by atoms with Crippen LogP contribution in [0.15, 0.2) is 72.9 Å². The smallest absolute Gasteiger partial charge is 0.262 e. The van der Waals surface area contributed by atoms with Crippen LogP contribution in [0.25, 0.3) is 10.9 Å². The quantitative estimate of drug-likeness (QED) is 0.192. The van der Waals surface area contributed by atoms with Gasteiger partial charge in [-0.1, -0.05) is 27.7 Å². The molecule has 5 heterocycles. The first-order valence-corrected chi connectivity index (χ1v) is 22.2. The summed E-state index contributed by atoms with van der Waals surface area (Å²) in [6, 6.07) is 21.8. The van der Waals surface area contributed by atoms with Crippen molar-refractivity contribution in [3.8, 4) is 11.8 Å². The number of rotatable bonds is 10. The molecule has 4 fully saturated rings. The Bertz CT molecular complexity index is 2520. The minimum absolute atomic E-state index is 0.0928. The van der Waals surface area contributed by atoms with Crippen molar-refractivity contribution < 1.29 is 28.7 Å². The van der Waals surface area contributed by atoms with E-state index in [1.807, 2.05) is 36.4 Å². The molecule has 14 heteroatoms. The monoisotopic (exact) mass is 850 g/mol. The van der Waals surface area contributed by atoms with E-state index in [1.54, 1.807) is 24.4 Å². The van der Waals surface area contributed by atoms with Crippen LogP contribution in [-0.2, 0) is 9.59 Å². The topological polar surface area (TPSA) is 168 Å². The molecule has 5 amide bonds. The minimum Gasteiger partial charge on any atom is -0.488 e. The van der Waals surface area contributed by atoms with Crippen molar-refractivity contribution in [3.63, 3.8) is 0 Å². The number of benzene rings is 3. The molecular weight excluding hydrogens is 797 g/mol. The van der Waals surface area contributed by atoms with Crippen LogP contribution in [0.5, 0.6) is 5.75 Å². The Labute approximate surface area is 367 Å². The number of aromatic nitrogens is 1. The van der Waals surface area contributed by atoms with E-state index in [4.69, 9.17) is 4.74 Å². The van der Waals surface area contributed by atoms with Gasteiger partial charge in [-0.25, -0.2) is 0 Å². The molecule has 4 aliphatic heterocycles. The lowest BCUT2D eigenvalue weighted by Gasteiger charge is -2.63. The first kappa shape index (κ1) is 42.0. The van der Waals surface area contributed by atoms with Crippen LogP contribution in [-0.4, -0.2) is 108 Å². The summed E-state index contributed by atoms with van der Waals surface area (Å²) in [5, 5.41) is 16.0. The third kappa shape index (κ3) is 7.66. The number of nitrogens with one attached hydrogen (secondary N) is 2. The molecule has 0 radical (unpaired) electrons. The highest BCUT2D eigenvalue weighted by Crippen LogP contribution is 2.56. The number of nitriles is 1. The second-order valence-electron chi connectivity index (χ2n) is 18.9. The first-order valence-electron chi connectivity index (χ1n) is 22.2. The largest absolute Gasteiger partial charge is 0.488 e. The van der Waals surface area contributed by atoms with Crippen LogP contribution in [0.4, 0.5) is 11.4 Å². The molecule has 0 spiro atoms. The van der Waals surface area contributed by atoms with Crippen molar-refractivity contribution in [2.24, 2.45) is 16.7 Å². The number of hydrogen-bond acceptors (Lipinski definition) is 11. The van der Waals surface area contributed by atoms with Gasteiger partial charge in [0.2, 0.25) is 11.8 Å². The number of pyridine rings is 1. The van der Waals surface area contributed by atoms with E-state index in [2.05, 4.69) is 76.2 Å². The molecule has 1 unspecified atom stereocenters. The van der Waals surface area contributed by atoms with Crippen LogP contribution < -0.4 is 25.2 Å². The molecule has 1 aliphatic carbocycles. The highest BCUT2D eigenvalue weighted by Gasteiger charge is 2.64. The van der Waals surface area contributed by atoms with Crippen molar-refractivity contribution in [1.29, 1.82) is 5.26 Å². The maximum absolute atomic E-state index is 13.6. The molecule has 63 heavy (non-hydrogen) atoms. The lowest BCUT2D eigenvalue weighted by atomic mass is 9.49. The summed E-state index contributed by atoms with van der Waals surface area (Å²) in [7, 11) is 0. The molecule has 3 saturated heterocycles. The average molecular weight is 851 g/mol. The van der Waals surface area contributed by atoms with Gasteiger partial charge >= 0.3 is 0 Å². The van der Waals surface area contributed by atoms with Crippen molar-refractivity contribution in [2.75, 3.05) is 55.6 Å². The molecule has 2 N–H and O–H groups in total. The molecule has 4 aromatic rings. The molecule has 326 valence electrons. The van der Waals surface area contributed by atoms with E-state index in [0.717, 1.165) is 86.7 Å². The van der Waals surface area contributed by atoms with Gasteiger partial charge in [-0.15, -0.1) is 0 Å². The third-order valence-corrected chi connectivity index (χ3v) is 14.3. The van der Waals surface area contributed by atoms with Gasteiger partial charge in [0, 0.05) is 91.1 Å². The van der Waals surface area contributed by atoms with Crippen LogP contribution in [0.1, 0.15) is 96.4 Å². The molecule has 3 aromatic carbocycles. The average Bonchev–Trinajstić information content (AvgIpc) is 3.54. The van der Waals surface area contributed by atoms with Crippen LogP contribution in [0.2, 0.25) is 0 Å². The van der Waals surface area contributed by atoms with E-state index >= 15 is 0 Å². The Kier molecular flexibility index (Phi) is 10.9. The standard InChI is InChI=1S/C49H54N8O6/c1-48(2)46(49(3,4)47(48)63-39-15-9-32(29-50)41-36(39)6-5-20-51-41)53-42(59)31-7-10-33(11-8-31)55-22-18-30(19-23-55)17-21-54-24-26-56(27-25-54)34-12-13-35-37(28-34)45(62)57(44(35)61)38-14-16-40(58)52-43(38)60/h5-13,15,20,28,30,38,46-47H,14,16-19,21-27H2,1-4H3,(H,53,59)(H,52,58,60)/t38?,46-,47-. The number of carbonyl (C=O) groups is 5. The number of imide groups is 2. The number of piperazine rings is 1. The van der Waals surface area contributed by atoms with Gasteiger partial charge in [0.05, 0.1) is 22.2 Å². The van der Waals surface area contributed by atoms with Crippen LogP contribution >= 0.6 is 0 Å². The van der Waals surface area contributed by atoms with Gasteiger partial charge in [-0.3, -0.25) is 44.1 Å². The van der Waals surface area contributed by atoms with Gasteiger partial charge < -0.3 is 19.9 Å². The lowest BCUT2D eigenvalue weighted by molar-refractivity contribution is -0.163. The number of carbonyl (C=O) groups excluding carboxylic acids is 5. The summed E-state index contributed by atoms with van der Waals surface area (Å²) in [5.41, 5.74) is 3.66. The Morgan fingerprint density at radius 1 is 0.841 bits per heavy atom. The number of fused-ring (bicyclic) bond motifs is 2. The van der Waals surface area contributed by atoms with E-state index < -0.39 is 29.7 Å². The second-order valence-corrected chi connectivity index (χ2v) is 18.9. The molecule has 9 rings (SSSR count). The van der Waals surface area contributed by atoms with Crippen molar-refractivity contribution >= 4 is 51.8 Å². The summed E-state index contributed by atoms with van der Waals surface area (Å²) in [5.74, 6) is -0.739. The van der Waals surface area contributed by atoms with E-state index in [0.29, 0.717) is 39.4 Å². The molecule has 0 bridgehead atoms. The zero-order valence-electron chi connectivity index (χ0n) is 36.4. The Hall–Kier alpha value is -6.33.